The van der Waals surface area contributed by atoms with Crippen molar-refractivity contribution >= 4 is 10.0 Å². The van der Waals surface area contributed by atoms with Gasteiger partial charge in [0.1, 0.15) is 0 Å². The molecule has 1 N–H and O–H groups in total. The zero-order valence-corrected chi connectivity index (χ0v) is 13.5. The van der Waals surface area contributed by atoms with Gasteiger partial charge in [-0.05, 0) is 36.5 Å². The molecular formula is C16H25NO3S. The van der Waals surface area contributed by atoms with E-state index >= 15 is 0 Å². The normalized spacial score (nSPS) is 17.3. The Kier molecular flexibility index (Phi) is 5.79. The molecule has 0 aromatic heterocycles. The van der Waals surface area contributed by atoms with Gasteiger partial charge in [-0.3, -0.25) is 0 Å². The van der Waals surface area contributed by atoms with Gasteiger partial charge in [0.05, 0.1) is 11.5 Å². The third-order valence-corrected chi connectivity index (χ3v) is 6.29. The van der Waals surface area contributed by atoms with E-state index in [0.717, 1.165) is 0 Å². The SMILES string of the molecule is CCN(CCO)S(=O)(=O)c1ccc(C2CCCCC2)cc1. The quantitative estimate of drug-likeness (QED) is 0.879. The summed E-state index contributed by atoms with van der Waals surface area (Å²) in [5.74, 6) is 0.579. The first-order chi connectivity index (χ1) is 10.1. The molecule has 1 aliphatic carbocycles. The molecule has 0 saturated heterocycles. The highest BCUT2D eigenvalue weighted by atomic mass is 32.2. The van der Waals surface area contributed by atoms with E-state index in [1.165, 1.54) is 42.0 Å². The van der Waals surface area contributed by atoms with Crippen molar-refractivity contribution in [3.8, 4) is 0 Å². The molecule has 0 spiro atoms. The smallest absolute Gasteiger partial charge is 0.243 e. The minimum absolute atomic E-state index is 0.142. The topological polar surface area (TPSA) is 57.6 Å². The molecule has 4 nitrogen and oxygen atoms in total. The molecule has 2 rings (SSSR count). The minimum Gasteiger partial charge on any atom is -0.395 e. The number of rotatable bonds is 6. The van der Waals surface area contributed by atoms with Crippen LogP contribution in [0.3, 0.4) is 0 Å². The second kappa shape index (κ2) is 7.38. The average Bonchev–Trinajstić information content (AvgIpc) is 2.53. The zero-order valence-electron chi connectivity index (χ0n) is 12.7. The number of nitrogens with zero attached hydrogens (tertiary/aromatic N) is 1. The van der Waals surface area contributed by atoms with Crippen molar-refractivity contribution < 1.29 is 13.5 Å². The molecule has 0 heterocycles. The first-order valence-electron chi connectivity index (χ1n) is 7.80. The Balaban J connectivity index is 2.17. The number of benzene rings is 1. The van der Waals surface area contributed by atoms with E-state index in [2.05, 4.69) is 0 Å². The molecular weight excluding hydrogens is 286 g/mol. The van der Waals surface area contributed by atoms with Crippen molar-refractivity contribution in [1.29, 1.82) is 0 Å². The maximum Gasteiger partial charge on any atom is 0.243 e. The first kappa shape index (κ1) is 16.5. The Morgan fingerprint density at radius 3 is 2.29 bits per heavy atom. The van der Waals surface area contributed by atoms with Gasteiger partial charge in [0.15, 0.2) is 0 Å². The lowest BCUT2D eigenvalue weighted by molar-refractivity contribution is 0.257. The van der Waals surface area contributed by atoms with Gasteiger partial charge in [0, 0.05) is 13.1 Å². The summed E-state index contributed by atoms with van der Waals surface area (Å²) in [6, 6.07) is 7.32. The van der Waals surface area contributed by atoms with Gasteiger partial charge in [0.25, 0.3) is 0 Å². The monoisotopic (exact) mass is 311 g/mol. The van der Waals surface area contributed by atoms with Crippen molar-refractivity contribution in [2.45, 2.75) is 49.8 Å². The molecule has 0 unspecified atom stereocenters. The Morgan fingerprint density at radius 2 is 1.76 bits per heavy atom. The van der Waals surface area contributed by atoms with Crippen molar-refractivity contribution in [2.24, 2.45) is 0 Å². The molecule has 0 radical (unpaired) electrons. The van der Waals surface area contributed by atoms with Crippen LogP contribution in [0.2, 0.25) is 0 Å². The number of hydrogen-bond donors (Lipinski definition) is 1. The summed E-state index contributed by atoms with van der Waals surface area (Å²) < 4.78 is 26.2. The van der Waals surface area contributed by atoms with Crippen LogP contribution in [0.4, 0.5) is 0 Å². The van der Waals surface area contributed by atoms with Crippen LogP contribution >= 0.6 is 0 Å². The fourth-order valence-corrected chi connectivity index (χ4v) is 4.50. The zero-order chi connectivity index (χ0) is 15.3. The molecule has 0 amide bonds. The van der Waals surface area contributed by atoms with Crippen molar-refractivity contribution in [3.63, 3.8) is 0 Å². The lowest BCUT2D eigenvalue weighted by Gasteiger charge is -2.23. The predicted octanol–water partition coefficient (Wildman–Crippen LogP) is 2.74. The molecule has 1 aliphatic rings. The molecule has 0 bridgehead atoms. The van der Waals surface area contributed by atoms with E-state index in [1.54, 1.807) is 19.1 Å². The molecule has 0 aliphatic heterocycles. The second-order valence-electron chi connectivity index (χ2n) is 5.62. The second-order valence-corrected chi connectivity index (χ2v) is 7.56. The summed E-state index contributed by atoms with van der Waals surface area (Å²) in [6.45, 7) is 2.13. The van der Waals surface area contributed by atoms with E-state index in [9.17, 15) is 8.42 Å². The van der Waals surface area contributed by atoms with E-state index in [4.69, 9.17) is 5.11 Å². The standard InChI is InChI=1S/C16H25NO3S/c1-2-17(12-13-18)21(19,20)16-10-8-15(9-11-16)14-6-4-3-5-7-14/h8-11,14,18H,2-7,12-13H2,1H3. The Labute approximate surface area is 127 Å². The number of likely N-dealkylation sites (N-methyl/N-ethyl adjacent to an activating group) is 1. The molecule has 1 saturated carbocycles. The van der Waals surface area contributed by atoms with Crippen LogP contribution in [0, 0.1) is 0 Å². The first-order valence-corrected chi connectivity index (χ1v) is 9.24. The maximum absolute atomic E-state index is 12.5. The molecule has 21 heavy (non-hydrogen) atoms. The number of sulfonamides is 1. The summed E-state index contributed by atoms with van der Waals surface area (Å²) >= 11 is 0. The van der Waals surface area contributed by atoms with Gasteiger partial charge >= 0.3 is 0 Å². The number of hydrogen-bond acceptors (Lipinski definition) is 3. The van der Waals surface area contributed by atoms with Gasteiger partial charge in [-0.2, -0.15) is 4.31 Å². The average molecular weight is 311 g/mol. The van der Waals surface area contributed by atoms with E-state index in [1.807, 2.05) is 12.1 Å². The Bertz CT molecular complexity index is 533. The molecule has 0 atom stereocenters. The molecule has 1 aromatic rings. The summed E-state index contributed by atoms with van der Waals surface area (Å²) in [6.07, 6.45) is 6.26. The number of aliphatic hydroxyl groups is 1. The molecule has 1 fully saturated rings. The van der Waals surface area contributed by atoms with Gasteiger partial charge in [0.2, 0.25) is 10.0 Å². The van der Waals surface area contributed by atoms with Crippen LogP contribution in [-0.4, -0.2) is 37.5 Å². The van der Waals surface area contributed by atoms with Crippen LogP contribution in [-0.2, 0) is 10.0 Å². The fourth-order valence-electron chi connectivity index (χ4n) is 3.06. The third kappa shape index (κ3) is 3.84. The summed E-state index contributed by atoms with van der Waals surface area (Å²) in [7, 11) is -3.49. The lowest BCUT2D eigenvalue weighted by atomic mass is 9.84. The highest BCUT2D eigenvalue weighted by molar-refractivity contribution is 7.89. The predicted molar refractivity (Wildman–Crippen MR) is 83.8 cm³/mol. The van der Waals surface area contributed by atoms with Crippen molar-refractivity contribution in [3.05, 3.63) is 29.8 Å². The highest BCUT2D eigenvalue weighted by Crippen LogP contribution is 2.33. The Hall–Kier alpha value is -0.910. The van der Waals surface area contributed by atoms with Gasteiger partial charge in [-0.15, -0.1) is 0 Å². The summed E-state index contributed by atoms with van der Waals surface area (Å²) in [5, 5.41) is 8.99. The van der Waals surface area contributed by atoms with E-state index in [0.29, 0.717) is 17.4 Å². The van der Waals surface area contributed by atoms with Crippen LogP contribution in [0.5, 0.6) is 0 Å². The van der Waals surface area contributed by atoms with Gasteiger partial charge < -0.3 is 5.11 Å². The van der Waals surface area contributed by atoms with Crippen molar-refractivity contribution in [1.82, 2.24) is 4.31 Å². The minimum atomic E-state index is -3.49. The lowest BCUT2D eigenvalue weighted by Crippen LogP contribution is -2.33. The van der Waals surface area contributed by atoms with Crippen LogP contribution in [0.1, 0.15) is 50.5 Å². The van der Waals surface area contributed by atoms with Crippen molar-refractivity contribution in [2.75, 3.05) is 19.7 Å². The summed E-state index contributed by atoms with van der Waals surface area (Å²) in [4.78, 5) is 0.317. The molecule has 1 aromatic carbocycles. The Morgan fingerprint density at radius 1 is 1.14 bits per heavy atom. The van der Waals surface area contributed by atoms with E-state index < -0.39 is 10.0 Å². The van der Waals surface area contributed by atoms with Crippen LogP contribution < -0.4 is 0 Å². The molecule has 5 heteroatoms. The fraction of sp³-hybridized carbons (Fsp3) is 0.625. The summed E-state index contributed by atoms with van der Waals surface area (Å²) in [5.41, 5.74) is 1.25. The van der Waals surface area contributed by atoms with Gasteiger partial charge in [-0.25, -0.2) is 8.42 Å². The number of aliphatic hydroxyl groups excluding tert-OH is 1. The largest absolute Gasteiger partial charge is 0.395 e. The maximum atomic E-state index is 12.5. The van der Waals surface area contributed by atoms with E-state index in [-0.39, 0.29) is 13.2 Å². The van der Waals surface area contributed by atoms with Crippen LogP contribution in [0.25, 0.3) is 0 Å². The molecule has 118 valence electrons. The highest BCUT2D eigenvalue weighted by Gasteiger charge is 2.23. The third-order valence-electron chi connectivity index (χ3n) is 4.30. The van der Waals surface area contributed by atoms with Gasteiger partial charge in [-0.1, -0.05) is 38.3 Å². The van der Waals surface area contributed by atoms with Crippen LogP contribution in [0.15, 0.2) is 29.2 Å².